The van der Waals surface area contributed by atoms with E-state index < -0.39 is 5.97 Å². The van der Waals surface area contributed by atoms with Crippen LogP contribution in [0.5, 0.6) is 11.5 Å². The van der Waals surface area contributed by atoms with Gasteiger partial charge in [0.2, 0.25) is 0 Å². The van der Waals surface area contributed by atoms with Crippen LogP contribution in [0.3, 0.4) is 0 Å². The van der Waals surface area contributed by atoms with Crippen molar-refractivity contribution in [1.82, 2.24) is 0 Å². The van der Waals surface area contributed by atoms with E-state index in [0.29, 0.717) is 22.7 Å². The Morgan fingerprint density at radius 3 is 2.30 bits per heavy atom. The Labute approximate surface area is 174 Å². The summed E-state index contributed by atoms with van der Waals surface area (Å²) in [5, 5.41) is 2.78. The maximum absolute atomic E-state index is 13.0. The van der Waals surface area contributed by atoms with E-state index in [-0.39, 0.29) is 24.1 Å². The van der Waals surface area contributed by atoms with Gasteiger partial charge in [-0.15, -0.1) is 0 Å². The third-order valence-corrected chi connectivity index (χ3v) is 4.61. The summed E-state index contributed by atoms with van der Waals surface area (Å²) in [7, 11) is 1.51. The molecular formula is C24H22FNO4. The number of methoxy groups -OCH3 is 1. The van der Waals surface area contributed by atoms with Crippen molar-refractivity contribution in [3.05, 3.63) is 89.7 Å². The highest BCUT2D eigenvalue weighted by Gasteiger charge is 2.14. The Hall–Kier alpha value is -3.67. The van der Waals surface area contributed by atoms with Gasteiger partial charge in [0.25, 0.3) is 5.91 Å². The molecule has 0 bridgehead atoms. The van der Waals surface area contributed by atoms with Gasteiger partial charge >= 0.3 is 5.97 Å². The fourth-order valence-electron chi connectivity index (χ4n) is 2.97. The van der Waals surface area contributed by atoms with E-state index in [1.54, 1.807) is 60.7 Å². The predicted octanol–water partition coefficient (Wildman–Crippen LogP) is 5.19. The number of para-hydroxylation sites is 1. The zero-order chi connectivity index (χ0) is 21.5. The molecule has 1 unspecified atom stereocenters. The number of amides is 1. The van der Waals surface area contributed by atoms with Crippen LogP contribution in [0.2, 0.25) is 0 Å². The quantitative estimate of drug-likeness (QED) is 0.433. The Kier molecular flexibility index (Phi) is 6.80. The number of rotatable bonds is 7. The molecule has 1 amide bonds. The summed E-state index contributed by atoms with van der Waals surface area (Å²) < 4.78 is 23.6. The van der Waals surface area contributed by atoms with Gasteiger partial charge in [-0.25, -0.2) is 4.39 Å². The summed E-state index contributed by atoms with van der Waals surface area (Å²) in [5.41, 5.74) is 1.85. The van der Waals surface area contributed by atoms with Gasteiger partial charge in [0.15, 0.2) is 0 Å². The second-order valence-corrected chi connectivity index (χ2v) is 6.81. The molecule has 0 aliphatic rings. The minimum absolute atomic E-state index is 0.0995. The number of esters is 1. The molecule has 3 rings (SSSR count). The van der Waals surface area contributed by atoms with E-state index in [9.17, 15) is 14.0 Å². The normalized spacial score (nSPS) is 11.4. The van der Waals surface area contributed by atoms with Crippen molar-refractivity contribution in [2.24, 2.45) is 0 Å². The van der Waals surface area contributed by atoms with Crippen LogP contribution in [-0.2, 0) is 4.79 Å². The van der Waals surface area contributed by atoms with Crippen LogP contribution in [0.15, 0.2) is 72.8 Å². The van der Waals surface area contributed by atoms with E-state index in [2.05, 4.69) is 5.32 Å². The Balaban J connectivity index is 1.57. The molecule has 154 valence electrons. The van der Waals surface area contributed by atoms with E-state index in [1.807, 2.05) is 6.92 Å². The highest BCUT2D eigenvalue weighted by Crippen LogP contribution is 2.23. The van der Waals surface area contributed by atoms with Crippen molar-refractivity contribution in [2.45, 2.75) is 19.3 Å². The van der Waals surface area contributed by atoms with Crippen molar-refractivity contribution in [3.8, 4) is 11.5 Å². The molecule has 0 aromatic heterocycles. The number of halogens is 1. The minimum Gasteiger partial charge on any atom is -0.496 e. The number of benzene rings is 3. The number of carbonyl (C=O) groups is 2. The lowest BCUT2D eigenvalue weighted by molar-refractivity contribution is -0.134. The van der Waals surface area contributed by atoms with Crippen molar-refractivity contribution in [2.75, 3.05) is 12.4 Å². The zero-order valence-electron chi connectivity index (χ0n) is 16.7. The largest absolute Gasteiger partial charge is 0.496 e. The lowest BCUT2D eigenvalue weighted by atomic mass is 9.98. The first-order chi connectivity index (χ1) is 14.5. The van der Waals surface area contributed by atoms with Crippen LogP contribution in [0, 0.1) is 5.82 Å². The molecule has 0 heterocycles. The third-order valence-electron chi connectivity index (χ3n) is 4.61. The number of nitrogens with one attached hydrogen (secondary N) is 1. The second kappa shape index (κ2) is 9.69. The Bertz CT molecular complexity index is 1020. The van der Waals surface area contributed by atoms with Crippen molar-refractivity contribution in [3.63, 3.8) is 0 Å². The second-order valence-electron chi connectivity index (χ2n) is 6.81. The van der Waals surface area contributed by atoms with E-state index in [4.69, 9.17) is 9.47 Å². The molecule has 0 fully saturated rings. The van der Waals surface area contributed by atoms with Gasteiger partial charge in [-0.3, -0.25) is 9.59 Å². The molecular weight excluding hydrogens is 385 g/mol. The molecule has 3 aromatic rings. The molecule has 0 aliphatic carbocycles. The number of hydrogen-bond acceptors (Lipinski definition) is 4. The molecule has 0 saturated heterocycles. The fourth-order valence-corrected chi connectivity index (χ4v) is 2.97. The summed E-state index contributed by atoms with van der Waals surface area (Å²) in [5.74, 6) is -0.246. The smallest absolute Gasteiger partial charge is 0.311 e. The SMILES string of the molecule is COc1ccccc1C(=O)Nc1ccc(OC(=O)CC(C)c2ccc(F)cc2)cc1. The van der Waals surface area contributed by atoms with Crippen molar-refractivity contribution >= 4 is 17.6 Å². The van der Waals surface area contributed by atoms with Crippen LogP contribution in [0.4, 0.5) is 10.1 Å². The van der Waals surface area contributed by atoms with Crippen molar-refractivity contribution in [1.29, 1.82) is 0 Å². The van der Waals surface area contributed by atoms with Gasteiger partial charge in [0.1, 0.15) is 17.3 Å². The summed E-state index contributed by atoms with van der Waals surface area (Å²) in [4.78, 5) is 24.6. The fraction of sp³-hybridized carbons (Fsp3) is 0.167. The predicted molar refractivity (Wildman–Crippen MR) is 112 cm³/mol. The van der Waals surface area contributed by atoms with E-state index >= 15 is 0 Å². The van der Waals surface area contributed by atoms with Crippen LogP contribution < -0.4 is 14.8 Å². The van der Waals surface area contributed by atoms with Gasteiger partial charge in [-0.2, -0.15) is 0 Å². The van der Waals surface area contributed by atoms with Crippen LogP contribution in [-0.4, -0.2) is 19.0 Å². The topological polar surface area (TPSA) is 64.6 Å². The molecule has 5 nitrogen and oxygen atoms in total. The summed E-state index contributed by atoms with van der Waals surface area (Å²) >= 11 is 0. The summed E-state index contributed by atoms with van der Waals surface area (Å²) in [6.45, 7) is 1.88. The zero-order valence-corrected chi connectivity index (χ0v) is 16.7. The molecule has 0 saturated carbocycles. The average Bonchev–Trinajstić information content (AvgIpc) is 2.75. The molecule has 6 heteroatoms. The summed E-state index contributed by atoms with van der Waals surface area (Å²) in [6, 6.07) is 19.5. The van der Waals surface area contributed by atoms with Crippen LogP contribution >= 0.6 is 0 Å². The standard InChI is InChI=1S/C24H22FNO4/c1-16(17-7-9-18(25)10-8-17)15-23(27)30-20-13-11-19(12-14-20)26-24(28)21-5-3-4-6-22(21)29-2/h3-14,16H,15H2,1-2H3,(H,26,28). The van der Waals surface area contributed by atoms with Gasteiger partial charge < -0.3 is 14.8 Å². The van der Waals surface area contributed by atoms with E-state index in [1.165, 1.54) is 19.2 Å². The minimum atomic E-state index is -0.391. The lowest BCUT2D eigenvalue weighted by Crippen LogP contribution is -2.13. The van der Waals surface area contributed by atoms with Crippen molar-refractivity contribution < 1.29 is 23.5 Å². The first-order valence-electron chi connectivity index (χ1n) is 9.47. The molecule has 1 atom stereocenters. The highest BCUT2D eigenvalue weighted by atomic mass is 19.1. The molecule has 0 radical (unpaired) electrons. The van der Waals surface area contributed by atoms with Gasteiger partial charge in [-0.1, -0.05) is 31.2 Å². The molecule has 0 spiro atoms. The van der Waals surface area contributed by atoms with Crippen LogP contribution in [0.25, 0.3) is 0 Å². The molecule has 0 aliphatic heterocycles. The summed E-state index contributed by atoms with van der Waals surface area (Å²) in [6.07, 6.45) is 0.165. The van der Waals surface area contributed by atoms with Crippen LogP contribution in [0.1, 0.15) is 35.2 Å². The third kappa shape index (κ3) is 5.44. The number of hydrogen-bond donors (Lipinski definition) is 1. The van der Waals surface area contributed by atoms with Gasteiger partial charge in [-0.05, 0) is 60.0 Å². The monoisotopic (exact) mass is 407 g/mol. The molecule has 3 aromatic carbocycles. The average molecular weight is 407 g/mol. The first-order valence-corrected chi connectivity index (χ1v) is 9.47. The molecule has 30 heavy (non-hydrogen) atoms. The maximum Gasteiger partial charge on any atom is 0.311 e. The Morgan fingerprint density at radius 1 is 0.967 bits per heavy atom. The Morgan fingerprint density at radius 2 is 1.63 bits per heavy atom. The first kappa shape index (κ1) is 21.0. The maximum atomic E-state index is 13.0. The molecule has 1 N–H and O–H groups in total. The number of anilines is 1. The highest BCUT2D eigenvalue weighted by molar-refractivity contribution is 6.06. The van der Waals surface area contributed by atoms with Gasteiger partial charge in [0.05, 0.1) is 19.1 Å². The number of carbonyl (C=O) groups excluding carboxylic acids is 2. The lowest BCUT2D eigenvalue weighted by Gasteiger charge is -2.12. The van der Waals surface area contributed by atoms with E-state index in [0.717, 1.165) is 5.56 Å². The van der Waals surface area contributed by atoms with Gasteiger partial charge in [0, 0.05) is 5.69 Å². The number of ether oxygens (including phenoxy) is 2.